The number of ketones is 1. The molecule has 0 bridgehead atoms. The molecule has 2 N–H and O–H groups in total. The van der Waals surface area contributed by atoms with Crippen molar-refractivity contribution in [2.24, 2.45) is 0 Å². The van der Waals surface area contributed by atoms with Gasteiger partial charge in [0.15, 0.2) is 0 Å². The predicted molar refractivity (Wildman–Crippen MR) is 125 cm³/mol. The van der Waals surface area contributed by atoms with E-state index in [9.17, 15) is 14.0 Å². The number of hydrogen-bond acceptors (Lipinski definition) is 8. The summed E-state index contributed by atoms with van der Waals surface area (Å²) in [5, 5.41) is 14.7. The molecule has 1 amide bonds. The summed E-state index contributed by atoms with van der Waals surface area (Å²) in [6, 6.07) is -0.263. The summed E-state index contributed by atoms with van der Waals surface area (Å²) >= 11 is 0. The highest BCUT2D eigenvalue weighted by Gasteiger charge is 2.43. The van der Waals surface area contributed by atoms with Crippen molar-refractivity contribution < 1.29 is 18.4 Å². The molecular formula is C24H39FN6O3. The molecular weight excluding hydrogens is 439 g/mol. The van der Waals surface area contributed by atoms with Gasteiger partial charge in [0.25, 0.3) is 5.89 Å². The van der Waals surface area contributed by atoms with Crippen molar-refractivity contribution in [2.45, 2.75) is 89.0 Å². The first-order valence-electron chi connectivity index (χ1n) is 12.6. The number of nitrogens with one attached hydrogen (secondary N) is 2. The van der Waals surface area contributed by atoms with Crippen LogP contribution in [0.25, 0.3) is 0 Å². The summed E-state index contributed by atoms with van der Waals surface area (Å²) in [4.78, 5) is 30.0. The van der Waals surface area contributed by atoms with Gasteiger partial charge >= 0.3 is 0 Å². The topological polar surface area (TPSA) is 104 Å². The van der Waals surface area contributed by atoms with Crippen LogP contribution in [0.5, 0.6) is 0 Å². The van der Waals surface area contributed by atoms with Gasteiger partial charge in [0.1, 0.15) is 12.2 Å². The van der Waals surface area contributed by atoms with E-state index in [1.54, 1.807) is 0 Å². The van der Waals surface area contributed by atoms with Crippen molar-refractivity contribution in [3.05, 3.63) is 11.8 Å². The molecule has 10 heteroatoms. The van der Waals surface area contributed by atoms with Gasteiger partial charge in [0.2, 0.25) is 17.6 Å². The van der Waals surface area contributed by atoms with Crippen LogP contribution in [-0.2, 0) is 10.2 Å². The average molecular weight is 479 g/mol. The molecule has 3 aliphatic rings. The van der Waals surface area contributed by atoms with E-state index in [0.29, 0.717) is 11.9 Å². The Morgan fingerprint density at radius 2 is 1.88 bits per heavy atom. The summed E-state index contributed by atoms with van der Waals surface area (Å²) in [5.41, 5.74) is -0.552. The van der Waals surface area contributed by atoms with Crippen LogP contribution in [0.1, 0.15) is 76.4 Å². The standard InChI is InChI=1S/C24H39FN6O3/c1-23(2,3)22-29-28-21(34-22)20(33)18-13-16(25)15-31(18)19(32)14-27-24(4)7-11-30(12-8-24)17-5-9-26-10-6-17/h16-18,26-27H,5-15H2,1-4H3/t16-,18?/m0/s1. The van der Waals surface area contributed by atoms with E-state index in [2.05, 4.69) is 32.7 Å². The van der Waals surface area contributed by atoms with Crippen molar-refractivity contribution in [1.29, 1.82) is 0 Å². The van der Waals surface area contributed by atoms with E-state index < -0.39 is 23.4 Å². The predicted octanol–water partition coefficient (Wildman–Crippen LogP) is 1.68. The Morgan fingerprint density at radius 1 is 1.21 bits per heavy atom. The maximum atomic E-state index is 14.3. The summed E-state index contributed by atoms with van der Waals surface area (Å²) in [6.45, 7) is 12.0. The molecule has 190 valence electrons. The zero-order valence-corrected chi connectivity index (χ0v) is 20.9. The fourth-order valence-corrected chi connectivity index (χ4v) is 5.20. The average Bonchev–Trinajstić information content (AvgIpc) is 3.46. The third-order valence-electron chi connectivity index (χ3n) is 7.54. The molecule has 1 unspecified atom stereocenters. The number of carbonyl (C=O) groups excluding carboxylic acids is 2. The van der Waals surface area contributed by atoms with Gasteiger partial charge in [-0.1, -0.05) is 20.8 Å². The first kappa shape index (κ1) is 25.2. The highest BCUT2D eigenvalue weighted by Crippen LogP contribution is 2.28. The van der Waals surface area contributed by atoms with E-state index in [1.165, 1.54) is 17.7 Å². The number of halogens is 1. The lowest BCUT2D eigenvalue weighted by atomic mass is 9.88. The second kappa shape index (κ2) is 9.99. The maximum Gasteiger partial charge on any atom is 0.286 e. The molecule has 0 aromatic carbocycles. The molecule has 0 saturated carbocycles. The van der Waals surface area contributed by atoms with Crippen LogP contribution in [0.3, 0.4) is 0 Å². The number of nitrogens with zero attached hydrogens (tertiary/aromatic N) is 4. The first-order valence-corrected chi connectivity index (χ1v) is 12.6. The molecule has 9 nitrogen and oxygen atoms in total. The van der Waals surface area contributed by atoms with Crippen molar-refractivity contribution in [1.82, 2.24) is 30.6 Å². The fraction of sp³-hybridized carbons (Fsp3) is 0.833. The highest BCUT2D eigenvalue weighted by atomic mass is 19.1. The molecule has 3 saturated heterocycles. The number of likely N-dealkylation sites (tertiary alicyclic amines) is 2. The quantitative estimate of drug-likeness (QED) is 0.596. The van der Waals surface area contributed by atoms with E-state index in [-0.39, 0.29) is 36.8 Å². The SMILES string of the molecule is CC1(NCC(=O)N2C[C@@H](F)CC2C(=O)c2nnc(C(C)(C)C)o2)CCN(C2CCNCC2)CC1. The Kier molecular flexibility index (Phi) is 7.40. The van der Waals surface area contributed by atoms with Crippen LogP contribution in [0.2, 0.25) is 0 Å². The second-order valence-corrected chi connectivity index (χ2v) is 11.4. The summed E-state index contributed by atoms with van der Waals surface area (Å²) in [5.74, 6) is -0.574. The Hall–Kier alpha value is -1.91. The number of piperidine rings is 2. The highest BCUT2D eigenvalue weighted by molar-refractivity contribution is 5.99. The molecule has 4 heterocycles. The molecule has 0 spiro atoms. The number of carbonyl (C=O) groups is 2. The van der Waals surface area contributed by atoms with Gasteiger partial charge < -0.3 is 24.9 Å². The zero-order valence-electron chi connectivity index (χ0n) is 20.9. The molecule has 3 fully saturated rings. The van der Waals surface area contributed by atoms with Crippen LogP contribution in [0.15, 0.2) is 4.42 Å². The van der Waals surface area contributed by atoms with E-state index in [0.717, 1.165) is 39.0 Å². The molecule has 4 rings (SSSR count). The van der Waals surface area contributed by atoms with Gasteiger partial charge in [-0.3, -0.25) is 9.59 Å². The van der Waals surface area contributed by atoms with Gasteiger partial charge in [0, 0.05) is 36.5 Å². The lowest BCUT2D eigenvalue weighted by molar-refractivity contribution is -0.131. The molecule has 2 atom stereocenters. The molecule has 1 aromatic rings. The van der Waals surface area contributed by atoms with Crippen molar-refractivity contribution in [3.63, 3.8) is 0 Å². The number of hydrogen-bond donors (Lipinski definition) is 2. The minimum atomic E-state index is -1.24. The molecule has 1 aromatic heterocycles. The first-order chi connectivity index (χ1) is 16.1. The third-order valence-corrected chi connectivity index (χ3v) is 7.54. The molecule has 3 aliphatic heterocycles. The molecule has 34 heavy (non-hydrogen) atoms. The van der Waals surface area contributed by atoms with Crippen LogP contribution >= 0.6 is 0 Å². The Balaban J connectivity index is 1.32. The normalized spacial score (nSPS) is 26.7. The van der Waals surface area contributed by atoms with Crippen LogP contribution < -0.4 is 10.6 Å². The molecule has 0 radical (unpaired) electrons. The lowest BCUT2D eigenvalue weighted by Crippen LogP contribution is -2.57. The van der Waals surface area contributed by atoms with Crippen LogP contribution in [-0.4, -0.2) is 94.8 Å². The number of aromatic nitrogens is 2. The largest absolute Gasteiger partial charge is 0.418 e. The van der Waals surface area contributed by atoms with Gasteiger partial charge in [-0.25, -0.2) is 4.39 Å². The minimum absolute atomic E-state index is 0.0414. The summed E-state index contributed by atoms with van der Waals surface area (Å²) in [7, 11) is 0. The smallest absolute Gasteiger partial charge is 0.286 e. The van der Waals surface area contributed by atoms with Crippen molar-refractivity contribution in [2.75, 3.05) is 39.3 Å². The third kappa shape index (κ3) is 5.66. The number of amides is 1. The number of rotatable bonds is 6. The summed E-state index contributed by atoms with van der Waals surface area (Å²) < 4.78 is 19.9. The van der Waals surface area contributed by atoms with Crippen LogP contribution in [0, 0.1) is 0 Å². The van der Waals surface area contributed by atoms with Gasteiger partial charge in [-0.05, 0) is 45.7 Å². The second-order valence-electron chi connectivity index (χ2n) is 11.4. The lowest BCUT2D eigenvalue weighted by Gasteiger charge is -2.44. The van der Waals surface area contributed by atoms with Gasteiger partial charge in [-0.2, -0.15) is 0 Å². The zero-order chi connectivity index (χ0) is 24.5. The number of alkyl halides is 1. The fourth-order valence-electron chi connectivity index (χ4n) is 5.20. The Labute approximate surface area is 201 Å². The molecule has 0 aliphatic carbocycles. The summed E-state index contributed by atoms with van der Waals surface area (Å²) in [6.07, 6.45) is 3.00. The minimum Gasteiger partial charge on any atom is -0.418 e. The van der Waals surface area contributed by atoms with Gasteiger partial charge in [0.05, 0.1) is 13.1 Å². The van der Waals surface area contributed by atoms with Crippen LogP contribution in [0.4, 0.5) is 4.39 Å². The van der Waals surface area contributed by atoms with Gasteiger partial charge in [-0.15, -0.1) is 10.2 Å². The number of Topliss-reactive ketones (excluding diaryl/α,β-unsaturated/α-hetero) is 1. The maximum absolute atomic E-state index is 14.3. The monoisotopic (exact) mass is 478 g/mol. The Morgan fingerprint density at radius 3 is 2.50 bits per heavy atom. The Bertz CT molecular complexity index is 870. The van der Waals surface area contributed by atoms with E-state index in [1.807, 2.05) is 20.8 Å². The van der Waals surface area contributed by atoms with E-state index in [4.69, 9.17) is 4.42 Å². The van der Waals surface area contributed by atoms with Crippen molar-refractivity contribution >= 4 is 11.7 Å². The van der Waals surface area contributed by atoms with Crippen molar-refractivity contribution in [3.8, 4) is 0 Å². The van der Waals surface area contributed by atoms with E-state index >= 15 is 0 Å².